The Morgan fingerprint density at radius 1 is 0.256 bits per heavy atom. The van der Waals surface area contributed by atoms with Crippen molar-refractivity contribution in [3.8, 4) is 22.3 Å². The number of rotatable bonds is 11. The minimum atomic E-state index is -0.478. The van der Waals surface area contributed by atoms with Crippen molar-refractivity contribution < 1.29 is 0 Å². The van der Waals surface area contributed by atoms with Gasteiger partial charge in [-0.1, -0.05) is 243 Å². The summed E-state index contributed by atoms with van der Waals surface area (Å²) in [6.07, 6.45) is 39.4. The van der Waals surface area contributed by atoms with E-state index in [0.29, 0.717) is 29.6 Å². The number of hydrogen-bond donors (Lipinski definition) is 0. The standard InChI is InChI=1S/C77H89N/c1-3-10-28-59(29-11-4-1)65-52-66(60-30-12-5-2-6-13-31-60)54-67(53-65)64-40-48-71(49-41-64)78(70-46-38-63(39-47-70)58-26-18-9-19-27-58)72-50-51-74-73-32-20-21-33-75(73)77(76(74)55-72,68-42-34-61(35-43-68)56-22-14-7-15-23-56)69-44-36-62(37-45-69)57-24-16-8-17-25-57/h20-21,32-60H,1-19,22-31H2. The van der Waals surface area contributed by atoms with E-state index in [0.717, 1.165) is 0 Å². The predicted octanol–water partition coefficient (Wildman–Crippen LogP) is 23.0. The maximum absolute atomic E-state index is 2.69. The van der Waals surface area contributed by atoms with Gasteiger partial charge in [0.05, 0.1) is 5.41 Å². The monoisotopic (exact) mass is 1030 g/mol. The number of fused-ring (bicyclic) bond motifs is 3. The lowest BCUT2D eigenvalue weighted by Gasteiger charge is -2.35. The largest absolute Gasteiger partial charge is 0.310 e. The fraction of sp³-hybridized carbons (Fsp3) is 0.455. The molecule has 0 spiro atoms. The van der Waals surface area contributed by atoms with Gasteiger partial charge in [-0.2, -0.15) is 0 Å². The van der Waals surface area contributed by atoms with E-state index in [1.165, 1.54) is 264 Å². The van der Waals surface area contributed by atoms with E-state index in [2.05, 4.69) is 163 Å². The van der Waals surface area contributed by atoms with Crippen LogP contribution in [-0.2, 0) is 5.41 Å². The van der Waals surface area contributed by atoms with Gasteiger partial charge in [0.1, 0.15) is 0 Å². The molecule has 402 valence electrons. The molecule has 0 bridgehead atoms. The summed E-state index contributed by atoms with van der Waals surface area (Å²) in [6.45, 7) is 0. The molecule has 0 N–H and O–H groups in total. The summed E-state index contributed by atoms with van der Waals surface area (Å²) in [4.78, 5) is 2.59. The molecule has 13 rings (SSSR count). The summed E-state index contributed by atoms with van der Waals surface area (Å²) in [5.41, 5.74) is 22.0. The Labute approximate surface area is 470 Å². The SMILES string of the molecule is c1ccc2c(c1)-c1ccc(N(c3ccc(-c4cc(C5CCCCCCC5)cc(C5CCCCCCC5)c4)cc3)c3ccc(C4CCCCC4)cc3)cc1C2(c1ccc(C2CCCCC2)cc1)c1ccc(C2CCCCC2)cc1. The van der Waals surface area contributed by atoms with Gasteiger partial charge in [0.25, 0.3) is 0 Å². The lowest BCUT2D eigenvalue weighted by atomic mass is 9.67. The number of benzene rings is 7. The van der Waals surface area contributed by atoms with E-state index < -0.39 is 5.41 Å². The molecule has 0 atom stereocenters. The molecule has 0 aliphatic heterocycles. The Kier molecular flexibility index (Phi) is 15.9. The van der Waals surface area contributed by atoms with Crippen LogP contribution < -0.4 is 4.90 Å². The van der Waals surface area contributed by atoms with Gasteiger partial charge in [-0.3, -0.25) is 0 Å². The Hall–Kier alpha value is -5.66. The van der Waals surface area contributed by atoms with Crippen molar-refractivity contribution in [1.82, 2.24) is 0 Å². The highest BCUT2D eigenvalue weighted by Crippen LogP contribution is 2.58. The lowest BCUT2D eigenvalue weighted by molar-refractivity contribution is 0.443. The maximum atomic E-state index is 2.69. The van der Waals surface area contributed by atoms with E-state index in [4.69, 9.17) is 0 Å². The van der Waals surface area contributed by atoms with Gasteiger partial charge >= 0.3 is 0 Å². The first-order valence-corrected chi connectivity index (χ1v) is 32.3. The van der Waals surface area contributed by atoms with Crippen molar-refractivity contribution in [2.24, 2.45) is 0 Å². The van der Waals surface area contributed by atoms with Crippen LogP contribution in [0.4, 0.5) is 17.1 Å². The van der Waals surface area contributed by atoms with Crippen LogP contribution in [0.25, 0.3) is 22.3 Å². The van der Waals surface area contributed by atoms with Crippen LogP contribution in [-0.4, -0.2) is 0 Å². The van der Waals surface area contributed by atoms with Crippen molar-refractivity contribution in [3.05, 3.63) is 208 Å². The highest BCUT2D eigenvalue weighted by Gasteiger charge is 2.46. The minimum Gasteiger partial charge on any atom is -0.310 e. The number of anilines is 3. The smallest absolute Gasteiger partial charge is 0.0714 e. The van der Waals surface area contributed by atoms with Crippen molar-refractivity contribution in [3.63, 3.8) is 0 Å². The summed E-state index contributed by atoms with van der Waals surface area (Å²) in [5.74, 6) is 3.35. The molecule has 0 saturated heterocycles. The highest BCUT2D eigenvalue weighted by atomic mass is 15.1. The van der Waals surface area contributed by atoms with Gasteiger partial charge in [0.2, 0.25) is 0 Å². The Morgan fingerprint density at radius 3 is 1.05 bits per heavy atom. The molecule has 0 unspecified atom stereocenters. The van der Waals surface area contributed by atoms with E-state index in [-0.39, 0.29) is 0 Å². The highest BCUT2D eigenvalue weighted by molar-refractivity contribution is 5.90. The van der Waals surface area contributed by atoms with Crippen LogP contribution in [0, 0.1) is 0 Å². The molecule has 7 aromatic carbocycles. The molecule has 1 nitrogen and oxygen atoms in total. The van der Waals surface area contributed by atoms with Crippen LogP contribution in [0.3, 0.4) is 0 Å². The van der Waals surface area contributed by atoms with Crippen LogP contribution in [0.15, 0.2) is 158 Å². The molecule has 6 aliphatic rings. The van der Waals surface area contributed by atoms with Gasteiger partial charge in [-0.15, -0.1) is 0 Å². The van der Waals surface area contributed by atoms with Crippen LogP contribution >= 0.6 is 0 Å². The molecule has 7 aromatic rings. The third kappa shape index (κ3) is 10.6. The Bertz CT molecular complexity index is 2950. The fourth-order valence-corrected chi connectivity index (χ4v) is 16.6. The topological polar surface area (TPSA) is 3.24 Å². The number of hydrogen-bond acceptors (Lipinski definition) is 1. The first-order chi connectivity index (χ1) is 38.7. The van der Waals surface area contributed by atoms with Gasteiger partial charge in [-0.25, -0.2) is 0 Å². The summed E-state index contributed by atoms with van der Waals surface area (Å²) in [7, 11) is 0. The van der Waals surface area contributed by atoms with E-state index in [1.54, 1.807) is 11.1 Å². The second-order valence-electron chi connectivity index (χ2n) is 25.7. The average Bonchev–Trinajstić information content (AvgIpc) is 4.02. The molecule has 0 amide bonds. The van der Waals surface area contributed by atoms with Crippen molar-refractivity contribution in [2.45, 2.75) is 221 Å². The van der Waals surface area contributed by atoms with E-state index >= 15 is 0 Å². The second-order valence-corrected chi connectivity index (χ2v) is 25.7. The molecule has 0 aromatic heterocycles. The van der Waals surface area contributed by atoms with Gasteiger partial charge in [-0.05, 0) is 203 Å². The third-order valence-electron chi connectivity index (χ3n) is 20.9. The molecule has 6 aliphatic carbocycles. The van der Waals surface area contributed by atoms with E-state index in [1.807, 2.05) is 0 Å². The molecular formula is C77H89N. The first kappa shape index (κ1) is 51.8. The zero-order valence-corrected chi connectivity index (χ0v) is 47.4. The average molecular weight is 1030 g/mol. The van der Waals surface area contributed by atoms with E-state index in [9.17, 15) is 0 Å². The molecule has 5 fully saturated rings. The van der Waals surface area contributed by atoms with Crippen molar-refractivity contribution in [1.29, 1.82) is 0 Å². The van der Waals surface area contributed by atoms with Crippen molar-refractivity contribution in [2.75, 3.05) is 4.90 Å². The quantitative estimate of drug-likeness (QED) is 0.125. The predicted molar refractivity (Wildman–Crippen MR) is 331 cm³/mol. The third-order valence-corrected chi connectivity index (χ3v) is 20.9. The second kappa shape index (κ2) is 24.0. The Balaban J connectivity index is 0.939. The fourth-order valence-electron chi connectivity index (χ4n) is 16.6. The molecule has 0 radical (unpaired) electrons. The van der Waals surface area contributed by atoms with Gasteiger partial charge in [0, 0.05) is 17.1 Å². The van der Waals surface area contributed by atoms with Crippen LogP contribution in [0.1, 0.15) is 266 Å². The van der Waals surface area contributed by atoms with Crippen LogP contribution in [0.5, 0.6) is 0 Å². The summed E-state index contributed by atoms with van der Waals surface area (Å²) < 4.78 is 0. The lowest BCUT2D eigenvalue weighted by Crippen LogP contribution is -2.29. The van der Waals surface area contributed by atoms with Crippen LogP contribution in [0.2, 0.25) is 0 Å². The summed E-state index contributed by atoms with van der Waals surface area (Å²) in [6, 6.07) is 64.8. The molecule has 0 heterocycles. The summed E-state index contributed by atoms with van der Waals surface area (Å²) >= 11 is 0. The van der Waals surface area contributed by atoms with Gasteiger partial charge in [0.15, 0.2) is 0 Å². The molecular weight excluding hydrogens is 939 g/mol. The Morgan fingerprint density at radius 2 is 0.603 bits per heavy atom. The molecule has 1 heteroatoms. The number of nitrogens with zero attached hydrogens (tertiary/aromatic N) is 1. The summed E-state index contributed by atoms with van der Waals surface area (Å²) in [5, 5.41) is 0. The molecule has 78 heavy (non-hydrogen) atoms. The van der Waals surface area contributed by atoms with Crippen molar-refractivity contribution >= 4 is 17.1 Å². The maximum Gasteiger partial charge on any atom is 0.0714 e. The van der Waals surface area contributed by atoms with Gasteiger partial charge < -0.3 is 4.90 Å². The zero-order chi connectivity index (χ0) is 52.1. The first-order valence-electron chi connectivity index (χ1n) is 32.3. The zero-order valence-electron chi connectivity index (χ0n) is 47.4. The minimum absolute atomic E-state index is 0.478. The normalized spacial score (nSPS) is 20.2. The molecule has 5 saturated carbocycles.